The Kier molecular flexibility index (Phi) is 5.70. The largest absolute Gasteiger partial charge is 0.208 e. The second-order valence-electron chi connectivity index (χ2n) is 7.94. The zero-order valence-electron chi connectivity index (χ0n) is 17.9. The molecule has 0 bridgehead atoms. The van der Waals surface area contributed by atoms with Gasteiger partial charge in [-0.05, 0) is 68.8 Å². The highest BCUT2D eigenvalue weighted by Gasteiger charge is 2.17. The fourth-order valence-electron chi connectivity index (χ4n) is 4.12. The van der Waals surface area contributed by atoms with E-state index in [4.69, 9.17) is 0 Å². The molecule has 32 heavy (non-hydrogen) atoms. The van der Waals surface area contributed by atoms with Gasteiger partial charge in [-0.25, -0.2) is 4.57 Å². The van der Waals surface area contributed by atoms with Gasteiger partial charge >= 0.3 is 0 Å². The number of hydrogen-bond donors (Lipinski definition) is 0. The van der Waals surface area contributed by atoms with E-state index in [9.17, 15) is 0 Å². The summed E-state index contributed by atoms with van der Waals surface area (Å²) in [4.78, 5) is 0. The molecule has 0 saturated heterocycles. The van der Waals surface area contributed by atoms with Crippen LogP contribution in [0.15, 0.2) is 126 Å². The monoisotopic (exact) mass is 476 g/mol. The van der Waals surface area contributed by atoms with Crippen LogP contribution in [0.3, 0.4) is 0 Å². The lowest BCUT2D eigenvalue weighted by molar-refractivity contribution is -0.671. The Morgan fingerprint density at radius 1 is 0.500 bits per heavy atom. The predicted octanol–water partition coefficient (Wildman–Crippen LogP) is 7.94. The van der Waals surface area contributed by atoms with Gasteiger partial charge in [0, 0.05) is 16.6 Å². The first-order chi connectivity index (χ1) is 15.7. The van der Waals surface area contributed by atoms with Crippen molar-refractivity contribution in [3.63, 3.8) is 0 Å². The normalized spacial score (nSPS) is 10.8. The highest BCUT2D eigenvalue weighted by Crippen LogP contribution is 2.43. The molecule has 1 heterocycles. The van der Waals surface area contributed by atoms with Gasteiger partial charge < -0.3 is 0 Å². The van der Waals surface area contributed by atoms with E-state index < -0.39 is 0 Å². The molecule has 0 atom stereocenters. The third kappa shape index (κ3) is 4.15. The molecule has 0 radical (unpaired) electrons. The molecule has 0 aliphatic rings. The minimum Gasteiger partial charge on any atom is -0.208 e. The van der Waals surface area contributed by atoms with Gasteiger partial charge in [-0.1, -0.05) is 88.7 Å². The summed E-state index contributed by atoms with van der Waals surface area (Å²) in [7, 11) is 2.05. The van der Waals surface area contributed by atoms with Crippen molar-refractivity contribution >= 4 is 15.9 Å². The number of pyridine rings is 1. The van der Waals surface area contributed by atoms with E-state index in [0.717, 1.165) is 4.47 Å². The third-order valence-corrected chi connectivity index (χ3v) is 6.28. The topological polar surface area (TPSA) is 3.88 Å². The molecule has 0 saturated carbocycles. The van der Waals surface area contributed by atoms with E-state index in [-0.39, 0.29) is 0 Å². The predicted molar refractivity (Wildman–Crippen MR) is 137 cm³/mol. The average molecular weight is 477 g/mol. The molecular weight excluding hydrogens is 454 g/mol. The Bertz CT molecular complexity index is 1280. The van der Waals surface area contributed by atoms with Crippen LogP contribution in [-0.4, -0.2) is 0 Å². The van der Waals surface area contributed by atoms with Crippen LogP contribution in [0.25, 0.3) is 44.5 Å². The minimum absolute atomic E-state index is 1.08. The van der Waals surface area contributed by atoms with E-state index >= 15 is 0 Å². The first kappa shape index (κ1) is 20.4. The molecule has 0 fully saturated rings. The molecule has 5 aromatic rings. The SMILES string of the molecule is C[n+]1ccc(-c2c(-c3ccccc3)cc(-c3ccc(Br)cc3)cc2-c2ccccc2)cc1. The van der Waals surface area contributed by atoms with Gasteiger partial charge in [-0.15, -0.1) is 0 Å². The lowest BCUT2D eigenvalue weighted by Crippen LogP contribution is -2.25. The summed E-state index contributed by atoms with van der Waals surface area (Å²) >= 11 is 3.57. The van der Waals surface area contributed by atoms with E-state index in [2.05, 4.69) is 149 Å². The van der Waals surface area contributed by atoms with Crippen LogP contribution >= 0.6 is 15.9 Å². The molecule has 4 aromatic carbocycles. The maximum atomic E-state index is 3.57. The van der Waals surface area contributed by atoms with Gasteiger partial charge in [0.2, 0.25) is 0 Å². The first-order valence-electron chi connectivity index (χ1n) is 10.7. The average Bonchev–Trinajstić information content (AvgIpc) is 2.85. The molecule has 0 amide bonds. The summed E-state index contributed by atoms with van der Waals surface area (Å²) in [5, 5.41) is 0. The summed E-state index contributed by atoms with van der Waals surface area (Å²) < 4.78 is 3.16. The Morgan fingerprint density at radius 2 is 1.00 bits per heavy atom. The molecule has 0 aliphatic heterocycles. The Morgan fingerprint density at radius 3 is 1.50 bits per heavy atom. The van der Waals surface area contributed by atoms with Crippen LogP contribution in [0.4, 0.5) is 0 Å². The Hall–Kier alpha value is -3.49. The molecule has 0 N–H and O–H groups in total. The van der Waals surface area contributed by atoms with E-state index in [1.807, 2.05) is 0 Å². The van der Waals surface area contributed by atoms with Crippen molar-refractivity contribution in [3.05, 3.63) is 126 Å². The number of aromatic nitrogens is 1. The number of nitrogens with zero attached hydrogens (tertiary/aromatic N) is 1. The van der Waals surface area contributed by atoms with Gasteiger partial charge in [0.25, 0.3) is 0 Å². The molecule has 0 spiro atoms. The van der Waals surface area contributed by atoms with Crippen LogP contribution in [0.1, 0.15) is 0 Å². The summed E-state index contributed by atoms with van der Waals surface area (Å²) in [6, 6.07) is 39.0. The van der Waals surface area contributed by atoms with Gasteiger partial charge in [0.1, 0.15) is 7.05 Å². The summed E-state index contributed by atoms with van der Waals surface area (Å²) in [6.07, 6.45) is 4.23. The van der Waals surface area contributed by atoms with Crippen molar-refractivity contribution in [1.29, 1.82) is 0 Å². The zero-order chi connectivity index (χ0) is 21.9. The molecule has 1 aromatic heterocycles. The quantitative estimate of drug-likeness (QED) is 0.231. The highest BCUT2D eigenvalue weighted by atomic mass is 79.9. The maximum absolute atomic E-state index is 3.57. The lowest BCUT2D eigenvalue weighted by Gasteiger charge is -2.19. The Labute approximate surface area is 197 Å². The molecule has 2 heteroatoms. The fraction of sp³-hybridized carbons (Fsp3) is 0.0333. The first-order valence-corrected chi connectivity index (χ1v) is 11.5. The van der Waals surface area contributed by atoms with Gasteiger partial charge in [0.05, 0.1) is 0 Å². The van der Waals surface area contributed by atoms with Crippen LogP contribution < -0.4 is 4.57 Å². The molecule has 1 nitrogen and oxygen atoms in total. The molecule has 0 aliphatic carbocycles. The van der Waals surface area contributed by atoms with Gasteiger partial charge in [-0.3, -0.25) is 0 Å². The number of halogens is 1. The van der Waals surface area contributed by atoms with Crippen LogP contribution in [0.5, 0.6) is 0 Å². The zero-order valence-corrected chi connectivity index (χ0v) is 19.5. The molecule has 5 rings (SSSR count). The summed E-state index contributed by atoms with van der Waals surface area (Å²) in [5.74, 6) is 0. The highest BCUT2D eigenvalue weighted by molar-refractivity contribution is 9.10. The lowest BCUT2D eigenvalue weighted by atomic mass is 9.85. The molecule has 154 valence electrons. The van der Waals surface area contributed by atoms with Crippen LogP contribution in [0.2, 0.25) is 0 Å². The van der Waals surface area contributed by atoms with Crippen molar-refractivity contribution < 1.29 is 4.57 Å². The van der Waals surface area contributed by atoms with Gasteiger partial charge in [0.15, 0.2) is 12.4 Å². The number of hydrogen-bond acceptors (Lipinski definition) is 0. The third-order valence-electron chi connectivity index (χ3n) is 5.75. The minimum atomic E-state index is 1.08. The van der Waals surface area contributed by atoms with Crippen molar-refractivity contribution in [2.45, 2.75) is 0 Å². The van der Waals surface area contributed by atoms with Crippen molar-refractivity contribution in [3.8, 4) is 44.5 Å². The standard InChI is InChI=1S/C30H23BrN/c1-32-18-16-25(17-19-32)30-28(23-8-4-2-5-9-23)20-26(22-12-14-27(31)15-13-22)21-29(30)24-10-6-3-7-11-24/h2-21H,1H3/q+1. The maximum Gasteiger partial charge on any atom is 0.169 e. The number of benzene rings is 4. The smallest absolute Gasteiger partial charge is 0.169 e. The molecular formula is C30H23BrN+. The van der Waals surface area contributed by atoms with E-state index in [1.54, 1.807) is 0 Å². The van der Waals surface area contributed by atoms with Crippen LogP contribution in [-0.2, 0) is 7.05 Å². The van der Waals surface area contributed by atoms with Gasteiger partial charge in [-0.2, -0.15) is 0 Å². The Balaban J connectivity index is 1.86. The van der Waals surface area contributed by atoms with E-state index in [1.165, 1.54) is 44.5 Å². The van der Waals surface area contributed by atoms with Crippen molar-refractivity contribution in [2.75, 3.05) is 0 Å². The second kappa shape index (κ2) is 8.94. The van der Waals surface area contributed by atoms with Crippen molar-refractivity contribution in [1.82, 2.24) is 0 Å². The summed E-state index contributed by atoms with van der Waals surface area (Å²) in [6.45, 7) is 0. The van der Waals surface area contributed by atoms with Crippen molar-refractivity contribution in [2.24, 2.45) is 7.05 Å². The summed E-state index contributed by atoms with van der Waals surface area (Å²) in [5.41, 5.74) is 9.78. The molecule has 0 unspecified atom stereocenters. The van der Waals surface area contributed by atoms with E-state index in [0.29, 0.717) is 0 Å². The second-order valence-corrected chi connectivity index (χ2v) is 8.85. The fourth-order valence-corrected chi connectivity index (χ4v) is 4.38. The number of rotatable bonds is 4. The number of aryl methyl sites for hydroxylation is 1. The van der Waals surface area contributed by atoms with Crippen LogP contribution in [0, 0.1) is 0 Å².